The number of aliphatic imine (C=N–C) groups is 1. The smallest absolute Gasteiger partial charge is 0.145 e. The van der Waals surface area contributed by atoms with E-state index in [2.05, 4.69) is 15.0 Å². The standard InChI is InChI=1S/C19H20FN5/c1-23-18(6-8-21)19-11-14(7-9-24-19)4-2-3-5-17-16(20)10-15(12-22)13-25-17/h6-11,13H,2-5,21H2,1H3. The van der Waals surface area contributed by atoms with E-state index in [9.17, 15) is 4.39 Å². The minimum Gasteiger partial charge on any atom is -0.405 e. The first-order chi connectivity index (χ1) is 12.2. The number of nitriles is 1. The van der Waals surface area contributed by atoms with E-state index in [1.54, 1.807) is 19.3 Å². The lowest BCUT2D eigenvalue weighted by atomic mass is 10.0. The van der Waals surface area contributed by atoms with Crippen molar-refractivity contribution in [3.8, 4) is 6.07 Å². The van der Waals surface area contributed by atoms with E-state index in [0.717, 1.165) is 36.2 Å². The molecule has 2 N–H and O–H groups in total. The van der Waals surface area contributed by atoms with Crippen LogP contribution in [0.3, 0.4) is 0 Å². The maximum Gasteiger partial charge on any atom is 0.145 e. The Morgan fingerprint density at radius 1 is 1.32 bits per heavy atom. The van der Waals surface area contributed by atoms with E-state index in [0.29, 0.717) is 12.1 Å². The van der Waals surface area contributed by atoms with Gasteiger partial charge in [0.25, 0.3) is 0 Å². The molecular formula is C19H20FN5. The summed E-state index contributed by atoms with van der Waals surface area (Å²) in [5.41, 5.74) is 8.72. The van der Waals surface area contributed by atoms with Crippen molar-refractivity contribution in [3.05, 3.63) is 71.2 Å². The number of rotatable bonds is 7. The van der Waals surface area contributed by atoms with Gasteiger partial charge >= 0.3 is 0 Å². The molecule has 0 bridgehead atoms. The highest BCUT2D eigenvalue weighted by Crippen LogP contribution is 2.12. The molecule has 0 saturated heterocycles. The number of allylic oxidation sites excluding steroid dienone is 1. The zero-order valence-corrected chi connectivity index (χ0v) is 14.1. The summed E-state index contributed by atoms with van der Waals surface area (Å²) in [5, 5.41) is 8.72. The molecule has 0 unspecified atom stereocenters. The molecule has 0 aliphatic carbocycles. The van der Waals surface area contributed by atoms with Gasteiger partial charge in [-0.25, -0.2) is 4.39 Å². The molecule has 0 amide bonds. The fraction of sp³-hybridized carbons (Fsp3) is 0.263. The van der Waals surface area contributed by atoms with E-state index < -0.39 is 5.82 Å². The predicted octanol–water partition coefficient (Wildman–Crippen LogP) is 2.94. The second kappa shape index (κ2) is 9.28. The molecule has 25 heavy (non-hydrogen) atoms. The van der Waals surface area contributed by atoms with E-state index >= 15 is 0 Å². The lowest BCUT2D eigenvalue weighted by Gasteiger charge is -2.05. The fourth-order valence-electron chi connectivity index (χ4n) is 2.47. The van der Waals surface area contributed by atoms with Crippen LogP contribution in [-0.4, -0.2) is 22.7 Å². The van der Waals surface area contributed by atoms with Crippen molar-refractivity contribution in [1.82, 2.24) is 9.97 Å². The molecule has 0 aromatic carbocycles. The second-order valence-electron chi connectivity index (χ2n) is 5.49. The Kier molecular flexibility index (Phi) is 6.78. The van der Waals surface area contributed by atoms with Gasteiger partial charge in [-0.15, -0.1) is 0 Å². The molecule has 2 aromatic heterocycles. The van der Waals surface area contributed by atoms with Gasteiger partial charge in [-0.3, -0.25) is 15.0 Å². The average molecular weight is 337 g/mol. The zero-order valence-electron chi connectivity index (χ0n) is 14.1. The topological polar surface area (TPSA) is 88.0 Å². The van der Waals surface area contributed by atoms with Crippen LogP contribution in [0.4, 0.5) is 4.39 Å². The van der Waals surface area contributed by atoms with E-state index in [-0.39, 0.29) is 5.56 Å². The Morgan fingerprint density at radius 2 is 2.12 bits per heavy atom. The van der Waals surface area contributed by atoms with Crippen LogP contribution in [0.15, 0.2) is 47.9 Å². The van der Waals surface area contributed by atoms with Gasteiger partial charge in [-0.05, 0) is 61.7 Å². The third-order valence-corrected chi connectivity index (χ3v) is 3.76. The number of halogens is 1. The number of aromatic nitrogens is 2. The molecule has 128 valence electrons. The van der Waals surface area contributed by atoms with Gasteiger partial charge in [0.2, 0.25) is 0 Å². The van der Waals surface area contributed by atoms with Gasteiger partial charge in [0.1, 0.15) is 11.9 Å². The molecule has 0 saturated carbocycles. The van der Waals surface area contributed by atoms with Crippen molar-refractivity contribution >= 4 is 5.71 Å². The molecular weight excluding hydrogens is 317 g/mol. The largest absolute Gasteiger partial charge is 0.405 e. The van der Waals surface area contributed by atoms with Crippen LogP contribution >= 0.6 is 0 Å². The zero-order chi connectivity index (χ0) is 18.1. The van der Waals surface area contributed by atoms with Crippen molar-refractivity contribution in [2.75, 3.05) is 7.05 Å². The summed E-state index contributed by atoms with van der Waals surface area (Å²) in [5.74, 6) is -0.414. The Labute approximate surface area is 146 Å². The molecule has 5 nitrogen and oxygen atoms in total. The van der Waals surface area contributed by atoms with Gasteiger partial charge in [-0.1, -0.05) is 0 Å². The van der Waals surface area contributed by atoms with Crippen molar-refractivity contribution in [2.45, 2.75) is 25.7 Å². The number of hydrogen-bond donors (Lipinski definition) is 1. The first kappa shape index (κ1) is 18.3. The molecule has 2 rings (SSSR count). The predicted molar refractivity (Wildman–Crippen MR) is 95.6 cm³/mol. The minimum absolute atomic E-state index is 0.241. The van der Waals surface area contributed by atoms with Crippen LogP contribution in [-0.2, 0) is 12.8 Å². The summed E-state index contributed by atoms with van der Waals surface area (Å²) in [6.07, 6.45) is 9.43. The van der Waals surface area contributed by atoms with Crippen molar-refractivity contribution in [2.24, 2.45) is 10.7 Å². The lowest BCUT2D eigenvalue weighted by molar-refractivity contribution is 0.587. The molecule has 2 aromatic rings. The summed E-state index contributed by atoms with van der Waals surface area (Å²) >= 11 is 0. The Hall–Kier alpha value is -3.07. The van der Waals surface area contributed by atoms with Gasteiger partial charge < -0.3 is 5.73 Å². The molecule has 2 heterocycles. The van der Waals surface area contributed by atoms with Crippen molar-refractivity contribution in [1.29, 1.82) is 5.26 Å². The molecule has 0 aliphatic heterocycles. The third kappa shape index (κ3) is 5.21. The Bertz CT molecular complexity index is 821. The fourth-order valence-corrected chi connectivity index (χ4v) is 2.47. The number of aryl methyl sites for hydroxylation is 2. The molecule has 6 heteroatoms. The third-order valence-electron chi connectivity index (χ3n) is 3.76. The number of pyridine rings is 2. The molecule has 0 atom stereocenters. The van der Waals surface area contributed by atoms with Crippen LogP contribution in [0.5, 0.6) is 0 Å². The van der Waals surface area contributed by atoms with Crippen molar-refractivity contribution < 1.29 is 4.39 Å². The highest BCUT2D eigenvalue weighted by atomic mass is 19.1. The number of nitrogens with zero attached hydrogens (tertiary/aromatic N) is 4. The molecule has 0 spiro atoms. The minimum atomic E-state index is -0.414. The monoisotopic (exact) mass is 337 g/mol. The lowest BCUT2D eigenvalue weighted by Crippen LogP contribution is -2.02. The molecule has 0 radical (unpaired) electrons. The Morgan fingerprint density at radius 3 is 2.80 bits per heavy atom. The highest BCUT2D eigenvalue weighted by Gasteiger charge is 2.06. The summed E-state index contributed by atoms with van der Waals surface area (Å²) in [7, 11) is 1.70. The summed E-state index contributed by atoms with van der Waals surface area (Å²) in [4.78, 5) is 12.5. The summed E-state index contributed by atoms with van der Waals surface area (Å²) in [6.45, 7) is 0. The van der Waals surface area contributed by atoms with Crippen LogP contribution in [0.25, 0.3) is 0 Å². The Balaban J connectivity index is 1.91. The molecule has 0 fully saturated rings. The van der Waals surface area contributed by atoms with Gasteiger partial charge in [0, 0.05) is 19.4 Å². The van der Waals surface area contributed by atoms with Gasteiger partial charge in [0.15, 0.2) is 0 Å². The van der Waals surface area contributed by atoms with Gasteiger partial charge in [0.05, 0.1) is 22.7 Å². The average Bonchev–Trinajstić information content (AvgIpc) is 2.64. The normalized spacial score (nSPS) is 11.6. The maximum atomic E-state index is 13.8. The summed E-state index contributed by atoms with van der Waals surface area (Å²) < 4.78 is 13.8. The van der Waals surface area contributed by atoms with Crippen LogP contribution < -0.4 is 5.73 Å². The van der Waals surface area contributed by atoms with E-state index in [1.807, 2.05) is 18.2 Å². The highest BCUT2D eigenvalue weighted by molar-refractivity contribution is 6.07. The van der Waals surface area contributed by atoms with Crippen molar-refractivity contribution in [3.63, 3.8) is 0 Å². The summed E-state index contributed by atoms with van der Waals surface area (Å²) in [6, 6.07) is 7.06. The molecule has 0 aliphatic rings. The number of hydrogen-bond acceptors (Lipinski definition) is 5. The number of unbranched alkanes of at least 4 members (excludes halogenated alkanes) is 1. The first-order valence-corrected chi connectivity index (χ1v) is 8.02. The number of nitrogens with two attached hydrogens (primary N) is 1. The van der Waals surface area contributed by atoms with Gasteiger partial charge in [-0.2, -0.15) is 5.26 Å². The van der Waals surface area contributed by atoms with Crippen LogP contribution in [0, 0.1) is 17.1 Å². The van der Waals surface area contributed by atoms with E-state index in [1.165, 1.54) is 18.5 Å². The van der Waals surface area contributed by atoms with Crippen LogP contribution in [0.1, 0.15) is 35.4 Å². The van der Waals surface area contributed by atoms with Crippen LogP contribution in [0.2, 0.25) is 0 Å². The van der Waals surface area contributed by atoms with E-state index in [4.69, 9.17) is 11.0 Å². The SMILES string of the molecule is CN=C(C=CN)c1cc(CCCCc2ncc(C#N)cc2F)ccn1. The quantitative estimate of drug-likeness (QED) is 0.621. The first-order valence-electron chi connectivity index (χ1n) is 8.02. The maximum absolute atomic E-state index is 13.8. The second-order valence-corrected chi connectivity index (χ2v) is 5.49.